The number of amides is 1. The van der Waals surface area contributed by atoms with E-state index in [1.54, 1.807) is 17.6 Å². The van der Waals surface area contributed by atoms with Crippen LogP contribution >= 0.6 is 22.6 Å². The van der Waals surface area contributed by atoms with Crippen molar-refractivity contribution >= 4 is 34.5 Å². The van der Waals surface area contributed by atoms with Crippen molar-refractivity contribution in [1.82, 2.24) is 14.5 Å². The molecule has 6 nitrogen and oxygen atoms in total. The van der Waals surface area contributed by atoms with E-state index in [-0.39, 0.29) is 37.2 Å². The molecule has 0 bridgehead atoms. The van der Waals surface area contributed by atoms with E-state index in [2.05, 4.69) is 4.98 Å². The summed E-state index contributed by atoms with van der Waals surface area (Å²) in [5, 5.41) is 0. The highest BCUT2D eigenvalue weighted by atomic mass is 127. The van der Waals surface area contributed by atoms with Crippen molar-refractivity contribution in [2.45, 2.75) is 38.6 Å². The Morgan fingerprint density at radius 1 is 1.48 bits per heavy atom. The van der Waals surface area contributed by atoms with Crippen LogP contribution in [0, 0.1) is 9.39 Å². The zero-order chi connectivity index (χ0) is 19.3. The van der Waals surface area contributed by atoms with Crippen LogP contribution in [0.3, 0.4) is 0 Å². The minimum Gasteiger partial charge on any atom is -0.464 e. The molecule has 0 N–H and O–H groups in total. The molecule has 0 aliphatic carbocycles. The van der Waals surface area contributed by atoms with Crippen LogP contribution < -0.4 is 0 Å². The second-order valence-electron chi connectivity index (χ2n) is 6.53. The molecule has 27 heavy (non-hydrogen) atoms. The van der Waals surface area contributed by atoms with E-state index in [0.29, 0.717) is 15.0 Å². The fourth-order valence-corrected chi connectivity index (χ4v) is 4.27. The van der Waals surface area contributed by atoms with Crippen LogP contribution in [-0.4, -0.2) is 39.1 Å². The highest BCUT2D eigenvalue weighted by Gasteiger charge is 2.43. The molecular weight excluding hydrogens is 471 g/mol. The minimum absolute atomic E-state index is 0.0637. The van der Waals surface area contributed by atoms with Gasteiger partial charge in [0.15, 0.2) is 6.04 Å². The summed E-state index contributed by atoms with van der Waals surface area (Å²) in [7, 11) is 0. The standard InChI is InChI=1S/C18H16F2IN3O3/c1-2-27-18(26)16(15-14-3-9(19)6-23(14)8-22-15)24-7-12-11(17(24)25)4-10(21)5-13(12)20/h4-5,8-9,16H,2-3,6-7H2,1H3/t9-,16?/m1/s1. The average molecular weight is 487 g/mol. The number of alkyl halides is 1. The van der Waals surface area contributed by atoms with Gasteiger partial charge in [0.2, 0.25) is 0 Å². The van der Waals surface area contributed by atoms with E-state index >= 15 is 0 Å². The number of carbonyl (C=O) groups excluding carboxylic acids is 2. The SMILES string of the molecule is CCOC(=O)C(c1ncn2c1C[C@@H](F)C2)N1Cc2c(F)cc(I)cc2C1=O. The molecule has 0 radical (unpaired) electrons. The second kappa shape index (κ2) is 6.84. The molecule has 0 saturated carbocycles. The summed E-state index contributed by atoms with van der Waals surface area (Å²) in [4.78, 5) is 31.2. The smallest absolute Gasteiger partial charge is 0.335 e. The van der Waals surface area contributed by atoms with Crippen LogP contribution in [0.15, 0.2) is 18.5 Å². The lowest BCUT2D eigenvalue weighted by atomic mass is 10.1. The number of aromatic nitrogens is 2. The van der Waals surface area contributed by atoms with Gasteiger partial charge in [0, 0.05) is 26.8 Å². The van der Waals surface area contributed by atoms with Crippen LogP contribution in [0.2, 0.25) is 0 Å². The molecule has 0 spiro atoms. The van der Waals surface area contributed by atoms with Crippen LogP contribution in [0.4, 0.5) is 8.78 Å². The Morgan fingerprint density at radius 3 is 3.00 bits per heavy atom. The molecule has 142 valence electrons. The van der Waals surface area contributed by atoms with Gasteiger partial charge in [-0.1, -0.05) is 0 Å². The highest BCUT2D eigenvalue weighted by molar-refractivity contribution is 14.1. The highest BCUT2D eigenvalue weighted by Crippen LogP contribution is 2.36. The predicted octanol–water partition coefficient (Wildman–Crippen LogP) is 2.78. The number of rotatable bonds is 4. The molecule has 1 aromatic carbocycles. The molecule has 9 heteroatoms. The van der Waals surface area contributed by atoms with Gasteiger partial charge in [-0.15, -0.1) is 0 Å². The number of halogens is 3. The van der Waals surface area contributed by atoms with Crippen LogP contribution in [0.5, 0.6) is 0 Å². The number of ether oxygens (including phenoxy) is 1. The predicted molar refractivity (Wildman–Crippen MR) is 99.2 cm³/mol. The summed E-state index contributed by atoms with van der Waals surface area (Å²) < 4.78 is 35.6. The zero-order valence-electron chi connectivity index (χ0n) is 14.4. The third-order valence-corrected chi connectivity index (χ3v) is 5.47. The Morgan fingerprint density at radius 2 is 2.26 bits per heavy atom. The average Bonchev–Trinajstić information content (AvgIpc) is 3.24. The van der Waals surface area contributed by atoms with Gasteiger partial charge in [-0.2, -0.15) is 0 Å². The first kappa shape index (κ1) is 18.3. The van der Waals surface area contributed by atoms with Crippen molar-refractivity contribution in [1.29, 1.82) is 0 Å². The molecule has 2 aliphatic heterocycles. The van der Waals surface area contributed by atoms with E-state index in [1.165, 1.54) is 17.3 Å². The van der Waals surface area contributed by atoms with Gasteiger partial charge in [0.25, 0.3) is 5.91 Å². The molecule has 1 aromatic heterocycles. The number of imidazole rings is 1. The van der Waals surface area contributed by atoms with Gasteiger partial charge in [0.1, 0.15) is 12.0 Å². The van der Waals surface area contributed by atoms with Gasteiger partial charge < -0.3 is 14.2 Å². The monoisotopic (exact) mass is 487 g/mol. The summed E-state index contributed by atoms with van der Waals surface area (Å²) in [5.41, 5.74) is 1.34. The lowest BCUT2D eigenvalue weighted by Gasteiger charge is -2.25. The van der Waals surface area contributed by atoms with Gasteiger partial charge in [-0.05, 0) is 41.6 Å². The minimum atomic E-state index is -1.14. The maximum atomic E-state index is 14.4. The molecule has 0 fully saturated rings. The fraction of sp³-hybridized carbons (Fsp3) is 0.389. The summed E-state index contributed by atoms with van der Waals surface area (Å²) in [6.45, 7) is 1.88. The molecule has 4 rings (SSSR count). The first-order valence-corrected chi connectivity index (χ1v) is 9.62. The maximum absolute atomic E-state index is 14.4. The third kappa shape index (κ3) is 3.01. The normalized spacial score (nSPS) is 19.2. The topological polar surface area (TPSA) is 64.4 Å². The Hall–Kier alpha value is -2.04. The van der Waals surface area contributed by atoms with E-state index in [1.807, 2.05) is 22.6 Å². The number of benzene rings is 1. The van der Waals surface area contributed by atoms with Crippen LogP contribution in [-0.2, 0) is 29.0 Å². The Kier molecular flexibility index (Phi) is 4.65. The molecule has 1 amide bonds. The molecule has 0 saturated heterocycles. The maximum Gasteiger partial charge on any atom is 0.335 e. The van der Waals surface area contributed by atoms with Gasteiger partial charge in [-0.25, -0.2) is 18.6 Å². The van der Waals surface area contributed by atoms with Crippen molar-refractivity contribution in [2.75, 3.05) is 6.61 Å². The van der Waals surface area contributed by atoms with E-state index in [9.17, 15) is 18.4 Å². The van der Waals surface area contributed by atoms with Crippen molar-refractivity contribution in [2.24, 2.45) is 0 Å². The lowest BCUT2D eigenvalue weighted by molar-refractivity contribution is -0.149. The molecule has 3 heterocycles. The first-order chi connectivity index (χ1) is 12.9. The number of hydrogen-bond acceptors (Lipinski definition) is 4. The summed E-state index contributed by atoms with van der Waals surface area (Å²) in [5.74, 6) is -1.61. The van der Waals surface area contributed by atoms with Crippen LogP contribution in [0.25, 0.3) is 0 Å². The van der Waals surface area contributed by atoms with Crippen molar-refractivity contribution in [3.05, 3.63) is 50.4 Å². The number of fused-ring (bicyclic) bond motifs is 2. The number of nitrogens with zero attached hydrogens (tertiary/aromatic N) is 3. The number of carbonyl (C=O) groups is 2. The Bertz CT molecular complexity index is 946. The van der Waals surface area contributed by atoms with E-state index in [0.717, 1.165) is 0 Å². The quantitative estimate of drug-likeness (QED) is 0.492. The lowest BCUT2D eigenvalue weighted by Crippen LogP contribution is -2.36. The second-order valence-corrected chi connectivity index (χ2v) is 7.78. The molecule has 1 unspecified atom stereocenters. The number of esters is 1. The summed E-state index contributed by atoms with van der Waals surface area (Å²) >= 11 is 1.94. The molecular formula is C18H16F2IN3O3. The van der Waals surface area contributed by atoms with Crippen molar-refractivity contribution in [3.8, 4) is 0 Å². The van der Waals surface area contributed by atoms with Gasteiger partial charge >= 0.3 is 5.97 Å². The largest absolute Gasteiger partial charge is 0.464 e. The summed E-state index contributed by atoms with van der Waals surface area (Å²) in [6, 6.07) is 1.81. The van der Waals surface area contributed by atoms with E-state index in [4.69, 9.17) is 4.74 Å². The van der Waals surface area contributed by atoms with Crippen LogP contribution in [0.1, 0.15) is 40.3 Å². The van der Waals surface area contributed by atoms with E-state index < -0.39 is 29.9 Å². The third-order valence-electron chi connectivity index (χ3n) is 4.85. The zero-order valence-corrected chi connectivity index (χ0v) is 16.6. The molecule has 2 atom stereocenters. The number of hydrogen-bond donors (Lipinski definition) is 0. The first-order valence-electron chi connectivity index (χ1n) is 8.54. The van der Waals surface area contributed by atoms with Crippen molar-refractivity contribution < 1.29 is 23.1 Å². The van der Waals surface area contributed by atoms with Gasteiger partial charge in [0.05, 0.1) is 31.7 Å². The molecule has 2 aliphatic rings. The van der Waals surface area contributed by atoms with Gasteiger partial charge in [-0.3, -0.25) is 4.79 Å². The molecule has 2 aromatic rings. The Balaban J connectivity index is 1.77. The Labute approximate surface area is 167 Å². The summed E-state index contributed by atoms with van der Waals surface area (Å²) in [6.07, 6.45) is 0.523. The van der Waals surface area contributed by atoms with Crippen molar-refractivity contribution in [3.63, 3.8) is 0 Å². The fourth-order valence-electron chi connectivity index (χ4n) is 3.69.